The Kier molecular flexibility index (Phi) is 5.96. The number of carbonyl (C=O) groups is 1. The average Bonchev–Trinajstić information content (AvgIpc) is 3.11. The zero-order valence-electron chi connectivity index (χ0n) is 14.3. The Balaban J connectivity index is 0.00000196. The van der Waals surface area contributed by atoms with Crippen molar-refractivity contribution in [3.63, 3.8) is 0 Å². The molecular formula is C19H21ClN4OS. The minimum atomic E-state index is 0. The topological polar surface area (TPSA) is 48.5 Å². The molecule has 1 amide bonds. The lowest BCUT2D eigenvalue weighted by Crippen LogP contribution is -2.50. The first-order chi connectivity index (χ1) is 12.3. The second-order valence-electron chi connectivity index (χ2n) is 6.05. The Bertz CT molecular complexity index is 829. The molecule has 2 heterocycles. The lowest BCUT2D eigenvalue weighted by molar-refractivity contribution is -0.129. The van der Waals surface area contributed by atoms with Crippen LogP contribution in [0.25, 0.3) is 10.2 Å². The normalized spacial score (nSPS) is 14.2. The fraction of sp³-hybridized carbons (Fsp3) is 0.263. The summed E-state index contributed by atoms with van der Waals surface area (Å²) >= 11 is 1.72. The lowest BCUT2D eigenvalue weighted by Gasteiger charge is -2.34. The van der Waals surface area contributed by atoms with Gasteiger partial charge in [0.2, 0.25) is 5.91 Å². The van der Waals surface area contributed by atoms with E-state index in [0.717, 1.165) is 42.5 Å². The van der Waals surface area contributed by atoms with Crippen molar-refractivity contribution < 1.29 is 4.79 Å². The Morgan fingerprint density at radius 2 is 1.69 bits per heavy atom. The maximum absolute atomic E-state index is 12.4. The molecule has 1 N–H and O–H groups in total. The van der Waals surface area contributed by atoms with E-state index < -0.39 is 0 Å². The number of hydrogen-bond donors (Lipinski definition) is 1. The van der Waals surface area contributed by atoms with Crippen molar-refractivity contribution >= 4 is 50.7 Å². The van der Waals surface area contributed by atoms with Gasteiger partial charge in [-0.3, -0.25) is 4.79 Å². The van der Waals surface area contributed by atoms with Gasteiger partial charge in [0.15, 0.2) is 5.13 Å². The molecule has 1 aliphatic rings. The molecule has 0 aliphatic carbocycles. The molecule has 1 aliphatic heterocycles. The van der Waals surface area contributed by atoms with Gasteiger partial charge >= 0.3 is 0 Å². The quantitative estimate of drug-likeness (QED) is 0.743. The Morgan fingerprint density at radius 3 is 2.42 bits per heavy atom. The zero-order valence-corrected chi connectivity index (χ0v) is 15.9. The molecule has 3 aromatic rings. The summed E-state index contributed by atoms with van der Waals surface area (Å²) < 4.78 is 1.21. The Hall–Kier alpha value is -2.31. The highest BCUT2D eigenvalue weighted by Crippen LogP contribution is 2.29. The van der Waals surface area contributed by atoms with Gasteiger partial charge in [-0.1, -0.05) is 41.7 Å². The van der Waals surface area contributed by atoms with Gasteiger partial charge in [-0.05, 0) is 24.3 Å². The summed E-state index contributed by atoms with van der Waals surface area (Å²) in [6, 6.07) is 18.0. The van der Waals surface area contributed by atoms with Crippen LogP contribution in [0.2, 0.25) is 0 Å². The fourth-order valence-electron chi connectivity index (χ4n) is 2.99. The number of nitrogens with zero attached hydrogens (tertiary/aromatic N) is 3. The third-order valence-corrected chi connectivity index (χ3v) is 5.50. The highest BCUT2D eigenvalue weighted by molar-refractivity contribution is 7.22. The Morgan fingerprint density at radius 1 is 1.00 bits per heavy atom. The highest BCUT2D eigenvalue weighted by Gasteiger charge is 2.22. The lowest BCUT2D eigenvalue weighted by atomic mass is 10.3. The molecule has 5 nitrogen and oxygen atoms in total. The van der Waals surface area contributed by atoms with Gasteiger partial charge in [-0.2, -0.15) is 0 Å². The number of hydrogen-bond acceptors (Lipinski definition) is 5. The van der Waals surface area contributed by atoms with Crippen LogP contribution >= 0.6 is 23.7 Å². The van der Waals surface area contributed by atoms with Crippen LogP contribution < -0.4 is 10.2 Å². The van der Waals surface area contributed by atoms with E-state index in [0.29, 0.717) is 6.54 Å². The summed E-state index contributed by atoms with van der Waals surface area (Å²) in [6.07, 6.45) is 0. The number of amides is 1. The van der Waals surface area contributed by atoms with E-state index in [2.05, 4.69) is 16.3 Å². The van der Waals surface area contributed by atoms with E-state index in [1.54, 1.807) is 11.3 Å². The van der Waals surface area contributed by atoms with Crippen molar-refractivity contribution in [1.29, 1.82) is 0 Å². The average molecular weight is 389 g/mol. The summed E-state index contributed by atoms with van der Waals surface area (Å²) in [4.78, 5) is 21.3. The first kappa shape index (κ1) is 18.5. The molecule has 0 spiro atoms. The van der Waals surface area contributed by atoms with E-state index in [1.807, 2.05) is 53.4 Å². The van der Waals surface area contributed by atoms with Gasteiger partial charge in [0.05, 0.1) is 16.8 Å². The van der Waals surface area contributed by atoms with E-state index in [4.69, 9.17) is 4.98 Å². The van der Waals surface area contributed by atoms with Crippen LogP contribution in [-0.4, -0.2) is 48.5 Å². The van der Waals surface area contributed by atoms with Crippen molar-refractivity contribution in [1.82, 2.24) is 9.88 Å². The van der Waals surface area contributed by atoms with E-state index in [9.17, 15) is 4.79 Å². The number of thiazole rings is 1. The van der Waals surface area contributed by atoms with Crippen molar-refractivity contribution in [3.8, 4) is 0 Å². The number of benzene rings is 2. The van der Waals surface area contributed by atoms with Gasteiger partial charge in [0.1, 0.15) is 0 Å². The summed E-state index contributed by atoms with van der Waals surface area (Å²) in [5.41, 5.74) is 2.03. The summed E-state index contributed by atoms with van der Waals surface area (Å²) in [5.74, 6) is 0.146. The minimum absolute atomic E-state index is 0. The largest absolute Gasteiger partial charge is 0.376 e. The standard InChI is InChI=1S/C19H20N4OS.ClH/c24-18(14-20-15-6-2-1-3-7-15)22-10-12-23(13-11-22)19-21-16-8-4-5-9-17(16)25-19;/h1-9,20H,10-14H2;1H. The van der Waals surface area contributed by atoms with Crippen LogP contribution in [0.5, 0.6) is 0 Å². The number of halogens is 1. The van der Waals surface area contributed by atoms with Crippen molar-refractivity contribution in [2.45, 2.75) is 0 Å². The number of fused-ring (bicyclic) bond motifs is 1. The van der Waals surface area contributed by atoms with Gasteiger partial charge in [-0.15, -0.1) is 12.4 Å². The first-order valence-corrected chi connectivity index (χ1v) is 9.28. The molecule has 0 radical (unpaired) electrons. The number of aromatic nitrogens is 1. The molecule has 1 fully saturated rings. The smallest absolute Gasteiger partial charge is 0.241 e. The number of para-hydroxylation sites is 2. The number of piperazine rings is 1. The van der Waals surface area contributed by atoms with Crippen molar-refractivity contribution in [3.05, 3.63) is 54.6 Å². The van der Waals surface area contributed by atoms with Crippen LogP contribution in [0.15, 0.2) is 54.6 Å². The molecule has 2 aromatic carbocycles. The van der Waals surface area contributed by atoms with E-state index in [1.165, 1.54) is 4.70 Å². The molecule has 26 heavy (non-hydrogen) atoms. The minimum Gasteiger partial charge on any atom is -0.376 e. The van der Waals surface area contributed by atoms with Crippen LogP contribution in [0.4, 0.5) is 10.8 Å². The van der Waals surface area contributed by atoms with Crippen molar-refractivity contribution in [2.75, 3.05) is 42.9 Å². The summed E-state index contributed by atoms with van der Waals surface area (Å²) in [7, 11) is 0. The molecule has 1 saturated heterocycles. The monoisotopic (exact) mass is 388 g/mol. The molecule has 1 aromatic heterocycles. The molecule has 0 atom stereocenters. The van der Waals surface area contributed by atoms with E-state index >= 15 is 0 Å². The second-order valence-corrected chi connectivity index (χ2v) is 7.06. The first-order valence-electron chi connectivity index (χ1n) is 8.47. The molecule has 4 rings (SSSR count). The van der Waals surface area contributed by atoms with Gasteiger partial charge in [0, 0.05) is 31.9 Å². The van der Waals surface area contributed by atoms with Crippen LogP contribution in [-0.2, 0) is 4.79 Å². The SMILES string of the molecule is Cl.O=C(CNc1ccccc1)N1CCN(c2nc3ccccc3s2)CC1. The highest BCUT2D eigenvalue weighted by atomic mass is 35.5. The zero-order chi connectivity index (χ0) is 17.1. The number of rotatable bonds is 4. The second kappa shape index (κ2) is 8.38. The van der Waals surface area contributed by atoms with Crippen LogP contribution in [0.1, 0.15) is 0 Å². The third kappa shape index (κ3) is 4.08. The predicted molar refractivity (Wildman–Crippen MR) is 111 cm³/mol. The van der Waals surface area contributed by atoms with Gasteiger partial charge in [0.25, 0.3) is 0 Å². The summed E-state index contributed by atoms with van der Waals surface area (Å²) in [6.45, 7) is 3.48. The Labute approximate surface area is 163 Å². The molecular weight excluding hydrogens is 368 g/mol. The number of nitrogens with one attached hydrogen (secondary N) is 1. The van der Waals surface area contributed by atoms with Crippen LogP contribution in [0.3, 0.4) is 0 Å². The third-order valence-electron chi connectivity index (χ3n) is 4.40. The maximum Gasteiger partial charge on any atom is 0.241 e. The van der Waals surface area contributed by atoms with Crippen LogP contribution in [0, 0.1) is 0 Å². The predicted octanol–water partition coefficient (Wildman–Crippen LogP) is 3.48. The summed E-state index contributed by atoms with van der Waals surface area (Å²) in [5, 5.41) is 4.24. The number of carbonyl (C=O) groups excluding carboxylic acids is 1. The van der Waals surface area contributed by atoms with Gasteiger partial charge < -0.3 is 15.1 Å². The molecule has 0 bridgehead atoms. The fourth-order valence-corrected chi connectivity index (χ4v) is 4.01. The van der Waals surface area contributed by atoms with Gasteiger partial charge in [-0.25, -0.2) is 4.98 Å². The molecule has 0 saturated carbocycles. The van der Waals surface area contributed by atoms with Crippen molar-refractivity contribution in [2.24, 2.45) is 0 Å². The van der Waals surface area contributed by atoms with E-state index in [-0.39, 0.29) is 18.3 Å². The number of anilines is 2. The molecule has 136 valence electrons. The molecule has 0 unspecified atom stereocenters. The maximum atomic E-state index is 12.4. The molecule has 7 heteroatoms.